The maximum atomic E-state index is 13.8. The highest BCUT2D eigenvalue weighted by Crippen LogP contribution is 2.38. The summed E-state index contributed by atoms with van der Waals surface area (Å²) in [5.41, 5.74) is 0.966. The van der Waals surface area contributed by atoms with Gasteiger partial charge in [0, 0.05) is 56.2 Å². The van der Waals surface area contributed by atoms with Gasteiger partial charge in [0.1, 0.15) is 5.82 Å². The Kier molecular flexibility index (Phi) is 8.04. The van der Waals surface area contributed by atoms with Gasteiger partial charge in [0.2, 0.25) is 0 Å². The van der Waals surface area contributed by atoms with E-state index in [0.29, 0.717) is 30.9 Å². The van der Waals surface area contributed by atoms with Crippen LogP contribution in [0.4, 0.5) is 19.0 Å². The third-order valence-electron chi connectivity index (χ3n) is 4.62. The SMILES string of the molecule is CCN(CC(C)C)c1ncc(-c2n[nH]cc2CN(C)CCNC)cc1C(F)(F)F. The molecule has 0 aromatic carbocycles. The largest absolute Gasteiger partial charge is 0.419 e. The lowest BCUT2D eigenvalue weighted by atomic mass is 10.1. The van der Waals surface area contributed by atoms with Crippen molar-refractivity contribution < 1.29 is 13.2 Å². The molecule has 9 heteroatoms. The van der Waals surface area contributed by atoms with Crippen LogP contribution in [0, 0.1) is 5.92 Å². The van der Waals surface area contributed by atoms with Crippen molar-refractivity contribution in [2.75, 3.05) is 45.2 Å². The number of nitrogens with zero attached hydrogens (tertiary/aromatic N) is 4. The van der Waals surface area contributed by atoms with E-state index in [1.807, 2.05) is 34.9 Å². The van der Waals surface area contributed by atoms with Crippen molar-refractivity contribution in [1.29, 1.82) is 0 Å². The highest BCUT2D eigenvalue weighted by molar-refractivity contribution is 5.66. The Balaban J connectivity index is 2.40. The predicted molar refractivity (Wildman–Crippen MR) is 110 cm³/mol. The quantitative estimate of drug-likeness (QED) is 0.624. The average molecular weight is 413 g/mol. The van der Waals surface area contributed by atoms with Gasteiger partial charge in [-0.15, -0.1) is 0 Å². The van der Waals surface area contributed by atoms with E-state index in [1.165, 1.54) is 12.3 Å². The summed E-state index contributed by atoms with van der Waals surface area (Å²) in [6.45, 7) is 8.96. The van der Waals surface area contributed by atoms with Crippen LogP contribution in [-0.4, -0.2) is 60.4 Å². The second-order valence-electron chi connectivity index (χ2n) is 7.63. The van der Waals surface area contributed by atoms with Gasteiger partial charge in [-0.3, -0.25) is 5.10 Å². The number of anilines is 1. The molecule has 0 saturated carbocycles. The molecule has 2 aromatic rings. The van der Waals surface area contributed by atoms with Crippen LogP contribution >= 0.6 is 0 Å². The lowest BCUT2D eigenvalue weighted by Crippen LogP contribution is -2.30. The Hall–Kier alpha value is -2.13. The van der Waals surface area contributed by atoms with E-state index in [1.54, 1.807) is 11.1 Å². The van der Waals surface area contributed by atoms with Crippen molar-refractivity contribution in [3.8, 4) is 11.3 Å². The van der Waals surface area contributed by atoms with Gasteiger partial charge < -0.3 is 15.1 Å². The summed E-state index contributed by atoms with van der Waals surface area (Å²) in [7, 11) is 3.84. The zero-order valence-corrected chi connectivity index (χ0v) is 17.8. The Labute approximate surface area is 170 Å². The van der Waals surface area contributed by atoms with Crippen LogP contribution in [0.2, 0.25) is 0 Å². The lowest BCUT2D eigenvalue weighted by molar-refractivity contribution is -0.137. The maximum Gasteiger partial charge on any atom is 0.419 e. The maximum absolute atomic E-state index is 13.8. The first-order chi connectivity index (χ1) is 13.7. The molecule has 0 aliphatic rings. The van der Waals surface area contributed by atoms with Gasteiger partial charge in [0.25, 0.3) is 0 Å². The summed E-state index contributed by atoms with van der Waals surface area (Å²) in [5, 5.41) is 10.1. The lowest BCUT2D eigenvalue weighted by Gasteiger charge is -2.27. The minimum atomic E-state index is -4.50. The standard InChI is InChI=1S/C20H31F3N6/c1-6-29(12-14(2)3)19-17(20(21,22)23)9-15(10-25-19)18-16(11-26-27-18)13-28(5)8-7-24-4/h9-11,14,24H,6-8,12-13H2,1-5H3,(H,26,27). The first-order valence-electron chi connectivity index (χ1n) is 9.85. The molecule has 29 heavy (non-hydrogen) atoms. The fraction of sp³-hybridized carbons (Fsp3) is 0.600. The summed E-state index contributed by atoms with van der Waals surface area (Å²) >= 11 is 0. The Morgan fingerprint density at radius 1 is 1.28 bits per heavy atom. The summed E-state index contributed by atoms with van der Waals surface area (Å²) in [6.07, 6.45) is -1.28. The number of aromatic nitrogens is 3. The van der Waals surface area contributed by atoms with Gasteiger partial charge in [0.15, 0.2) is 0 Å². The predicted octanol–water partition coefficient (Wildman–Crippen LogP) is 3.62. The zero-order chi connectivity index (χ0) is 21.6. The normalized spacial score (nSPS) is 12.2. The smallest absolute Gasteiger partial charge is 0.356 e. The van der Waals surface area contributed by atoms with Crippen molar-refractivity contribution in [1.82, 2.24) is 25.4 Å². The molecule has 0 amide bonds. The molecule has 0 atom stereocenters. The molecule has 2 heterocycles. The molecule has 2 rings (SSSR count). The number of likely N-dealkylation sites (N-methyl/N-ethyl adjacent to an activating group) is 2. The number of halogens is 3. The van der Waals surface area contributed by atoms with Crippen LogP contribution < -0.4 is 10.2 Å². The molecule has 2 aromatic heterocycles. The molecular formula is C20H31F3N6. The molecule has 0 fully saturated rings. The van der Waals surface area contributed by atoms with Crippen molar-refractivity contribution in [3.63, 3.8) is 0 Å². The summed E-state index contributed by atoms with van der Waals surface area (Å²) < 4.78 is 41.5. The first-order valence-corrected chi connectivity index (χ1v) is 9.85. The molecule has 0 spiro atoms. The van der Waals surface area contributed by atoms with Gasteiger partial charge in [0.05, 0.1) is 11.3 Å². The van der Waals surface area contributed by atoms with Crippen molar-refractivity contribution >= 4 is 5.82 Å². The Morgan fingerprint density at radius 3 is 2.59 bits per heavy atom. The Morgan fingerprint density at radius 2 is 2.00 bits per heavy atom. The van der Waals surface area contributed by atoms with E-state index in [2.05, 4.69) is 25.4 Å². The number of nitrogens with one attached hydrogen (secondary N) is 2. The van der Waals surface area contributed by atoms with Crippen LogP contribution in [0.5, 0.6) is 0 Å². The average Bonchev–Trinajstić information content (AvgIpc) is 3.11. The van der Waals surface area contributed by atoms with Crippen LogP contribution in [0.15, 0.2) is 18.5 Å². The van der Waals surface area contributed by atoms with E-state index < -0.39 is 11.7 Å². The minimum Gasteiger partial charge on any atom is -0.356 e. The molecule has 0 saturated heterocycles. The van der Waals surface area contributed by atoms with Crippen LogP contribution in [0.3, 0.4) is 0 Å². The number of pyridine rings is 1. The molecule has 0 aliphatic carbocycles. The van der Waals surface area contributed by atoms with Crippen molar-refractivity contribution in [3.05, 3.63) is 29.6 Å². The number of hydrogen-bond acceptors (Lipinski definition) is 5. The number of H-pyrrole nitrogens is 1. The van der Waals surface area contributed by atoms with Crippen LogP contribution in [-0.2, 0) is 12.7 Å². The van der Waals surface area contributed by atoms with Crippen molar-refractivity contribution in [2.45, 2.75) is 33.5 Å². The zero-order valence-electron chi connectivity index (χ0n) is 17.8. The first kappa shape index (κ1) is 23.2. The molecule has 0 bridgehead atoms. The van der Waals surface area contributed by atoms with Gasteiger partial charge in [-0.25, -0.2) is 4.98 Å². The topological polar surface area (TPSA) is 60.1 Å². The van der Waals surface area contributed by atoms with E-state index in [9.17, 15) is 13.2 Å². The van der Waals surface area contributed by atoms with Gasteiger partial charge >= 0.3 is 6.18 Å². The second-order valence-corrected chi connectivity index (χ2v) is 7.63. The summed E-state index contributed by atoms with van der Waals surface area (Å²) in [5.74, 6) is 0.198. The molecule has 162 valence electrons. The molecule has 0 radical (unpaired) electrons. The number of alkyl halides is 3. The third-order valence-corrected chi connectivity index (χ3v) is 4.62. The summed E-state index contributed by atoms with van der Waals surface area (Å²) in [6, 6.07) is 1.17. The number of hydrogen-bond donors (Lipinski definition) is 2. The number of aromatic amines is 1. The fourth-order valence-corrected chi connectivity index (χ4v) is 3.21. The van der Waals surface area contributed by atoms with Crippen LogP contribution in [0.1, 0.15) is 31.9 Å². The van der Waals surface area contributed by atoms with E-state index in [0.717, 1.165) is 18.7 Å². The minimum absolute atomic E-state index is 0.0272. The van der Waals surface area contributed by atoms with Crippen molar-refractivity contribution in [2.24, 2.45) is 5.92 Å². The third kappa shape index (κ3) is 6.17. The van der Waals surface area contributed by atoms with E-state index >= 15 is 0 Å². The highest BCUT2D eigenvalue weighted by Gasteiger charge is 2.36. The summed E-state index contributed by atoms with van der Waals surface area (Å²) in [4.78, 5) is 7.98. The molecule has 0 aliphatic heterocycles. The monoisotopic (exact) mass is 412 g/mol. The van der Waals surface area contributed by atoms with Gasteiger partial charge in [-0.05, 0) is 33.0 Å². The molecule has 6 nitrogen and oxygen atoms in total. The number of rotatable bonds is 10. The van der Waals surface area contributed by atoms with E-state index in [-0.39, 0.29) is 11.7 Å². The van der Waals surface area contributed by atoms with Gasteiger partial charge in [-0.2, -0.15) is 18.3 Å². The fourth-order valence-electron chi connectivity index (χ4n) is 3.21. The molecule has 0 unspecified atom stereocenters. The molecule has 2 N–H and O–H groups in total. The van der Waals surface area contributed by atoms with Crippen LogP contribution in [0.25, 0.3) is 11.3 Å². The molecular weight excluding hydrogens is 381 g/mol. The second kappa shape index (κ2) is 10.1. The highest BCUT2D eigenvalue weighted by atomic mass is 19.4. The Bertz CT molecular complexity index is 772. The van der Waals surface area contributed by atoms with E-state index in [4.69, 9.17) is 0 Å². The van der Waals surface area contributed by atoms with Gasteiger partial charge in [-0.1, -0.05) is 13.8 Å².